The molecule has 0 saturated carbocycles. The second-order valence-corrected chi connectivity index (χ2v) is 27.7. The molecule has 0 aliphatic carbocycles. The van der Waals surface area contributed by atoms with Crippen LogP contribution in [-0.4, -0.2) is 467 Å². The fraction of sp³-hybridized carbons (Fsp3) is 1.00. The molecule has 111 heavy (non-hydrogen) atoms. The van der Waals surface area contributed by atoms with E-state index in [0.29, 0.717) is 0 Å². The van der Waals surface area contributed by atoms with Gasteiger partial charge >= 0.3 is 0 Å². The van der Waals surface area contributed by atoms with E-state index in [1.54, 1.807) is 0 Å². The van der Waals surface area contributed by atoms with Crippen LogP contribution < -0.4 is 0 Å². The van der Waals surface area contributed by atoms with E-state index >= 15 is 0 Å². The van der Waals surface area contributed by atoms with Crippen LogP contribution in [0, 0.1) is 0 Å². The van der Waals surface area contributed by atoms with Gasteiger partial charge in [0, 0.05) is 164 Å². The first-order chi connectivity index (χ1) is 54.0. The Morgan fingerprint density at radius 2 is 0.261 bits per heavy atom. The Morgan fingerprint density at radius 1 is 0.153 bits per heavy atom. The third-order valence-electron chi connectivity index (χ3n) is 21.9. The number of aliphatic hydroxyl groups excluding tert-OH is 1. The zero-order chi connectivity index (χ0) is 80.3. The monoisotopic (exact) mass is 1620 g/mol. The molecule has 0 amide bonds. The molecule has 1 N–H and O–H groups in total. The van der Waals surface area contributed by atoms with Gasteiger partial charge in [0.05, 0.1) is 52.9 Å². The van der Waals surface area contributed by atoms with Crippen molar-refractivity contribution >= 4 is 0 Å². The van der Waals surface area contributed by atoms with Crippen molar-refractivity contribution in [3.8, 4) is 0 Å². The predicted molar refractivity (Wildman–Crippen MR) is 371 cm³/mol. The minimum atomic E-state index is -1.33. The van der Waals surface area contributed by atoms with Crippen LogP contribution in [0.1, 0.15) is 0 Å². The van der Waals surface area contributed by atoms with Crippen LogP contribution in [-0.2, 0) is 185 Å². The van der Waals surface area contributed by atoms with Gasteiger partial charge in [0.25, 0.3) is 0 Å². The molecule has 40 nitrogen and oxygen atoms in total. The minimum Gasteiger partial charge on any atom is -0.394 e. The first-order valence-electron chi connectivity index (χ1n) is 37.0. The number of ether oxygens (including phenoxy) is 39. The molecular weight excluding hydrogens is 1490 g/mol. The highest BCUT2D eigenvalue weighted by molar-refractivity contribution is 5.05. The number of hydrogen-bond donors (Lipinski definition) is 1. The normalized spacial score (nSPS) is 46.4. The molecule has 0 aromatic carbocycles. The first kappa shape index (κ1) is 93.3. The van der Waals surface area contributed by atoms with Crippen LogP contribution in [0.15, 0.2) is 0 Å². The van der Waals surface area contributed by atoms with Crippen molar-refractivity contribution < 1.29 is 190 Å². The highest BCUT2D eigenvalue weighted by atomic mass is 16.8. The van der Waals surface area contributed by atoms with Crippen molar-refractivity contribution in [3.05, 3.63) is 0 Å². The van der Waals surface area contributed by atoms with Crippen LogP contribution in [0.25, 0.3) is 0 Å². The fourth-order valence-electron chi connectivity index (χ4n) is 16.8. The van der Waals surface area contributed by atoms with Crippen LogP contribution in [0.4, 0.5) is 0 Å². The average Bonchev–Trinajstić information content (AvgIpc) is 0.763. The Kier molecular flexibility index (Phi) is 38.4. The van der Waals surface area contributed by atoms with Gasteiger partial charge in [-0.15, -0.1) is 0 Å². The van der Waals surface area contributed by atoms with Crippen molar-refractivity contribution in [3.63, 3.8) is 0 Å². The van der Waals surface area contributed by atoms with E-state index in [-0.39, 0.29) is 46.2 Å². The second-order valence-electron chi connectivity index (χ2n) is 27.7. The lowest BCUT2D eigenvalue weighted by Gasteiger charge is -2.53. The van der Waals surface area contributed by atoms with Crippen LogP contribution in [0.5, 0.6) is 0 Å². The topological polar surface area (TPSA) is 380 Å². The van der Waals surface area contributed by atoms with Gasteiger partial charge in [0.2, 0.25) is 0 Å². The van der Waals surface area contributed by atoms with Crippen molar-refractivity contribution in [1.29, 1.82) is 0 Å². The van der Waals surface area contributed by atoms with Gasteiger partial charge < -0.3 is 190 Å². The van der Waals surface area contributed by atoms with E-state index in [0.717, 1.165) is 0 Å². The highest BCUT2D eigenvalue weighted by Gasteiger charge is 2.63. The standard InChI is InChI=1S/C71H126O40/c1-73-25-33-41-49(81-9)58(90-18)66(98-33)107-43-35(27-75-3)100-68(60(92-20)51(43)83-11)109-45-37(29-77-5)102-70(62(94-22)53(45)85-13)111-47-39(31-79-7)103-71(63(95-23)55(47)87-15)110-46-38(30-78-6)101-69(61(93-21)54(46)86-14)108-44-36(28-76-4)99-67(59(91-19)52(44)84-12)106-42-34(26-74-2)97-65(57(89-17)50(42)82-10)104-40-32(24-72)96-64(105-41)56(88-16)48(40)80-8/h32-72H,24-31H2,1-23H3/t32-,33-,34-,35-,36-,37-,38-,39-,40-,41-,42-,43-,44-,45-,46-,47-,48+,49+,50+,51+,52+,53+,54+,55+,56-,57-,58-,59-,60-,61-,62-,63-,64-,65-,66-,67-,68-,69-,70-,71-/m1/s1. The lowest BCUT2D eigenvalue weighted by molar-refractivity contribution is -0.409. The SMILES string of the molecule is COC[C@H]1O[C@@H]2O[C@H]3[C@H](OC)[C@@H](OC)[C@@H](O[C@H]4[C@H](OC)[C@@H](OC)[C@@H](O[C@H]5[C@H](OC)[C@@H](OC)[C@@H](O[C@H]6[C@H](OC)[C@@H](OC)[C@@H](O[C@H]7[C@H](OC)[C@@H](OC)[C@@H](O[C@H]8[C@H](OC)[C@@H](OC)[C@@H](O[C@H]9[C@H](OC)[C@@H](OC)[C@@H](O[C@H]1[C@H](OC)[C@H]2OC)O[C@@H]9CO)O[C@@H]8COC)O[C@@H]7COC)O[C@@H]6COC)O[C@@H]5COC)O[C@@H]4COC)O[C@@H]3COC. The fourth-order valence-corrected chi connectivity index (χ4v) is 16.8. The van der Waals surface area contributed by atoms with E-state index in [1.165, 1.54) is 164 Å². The maximum absolute atomic E-state index is 11.4. The molecule has 30 rings (SSSR count). The average molecular weight is 1620 g/mol. The Bertz CT molecular complexity index is 2540. The third-order valence-corrected chi connectivity index (χ3v) is 21.9. The van der Waals surface area contributed by atoms with Gasteiger partial charge in [-0.3, -0.25) is 0 Å². The van der Waals surface area contributed by atoms with Gasteiger partial charge in [0.15, 0.2) is 50.3 Å². The predicted octanol–water partition coefficient (Wildman–Crippen LogP) is -2.36. The first-order valence-corrected chi connectivity index (χ1v) is 37.0. The number of aliphatic hydroxyl groups is 1. The van der Waals surface area contributed by atoms with Crippen LogP contribution in [0.2, 0.25) is 0 Å². The summed E-state index contributed by atoms with van der Waals surface area (Å²) < 4.78 is 253. The molecule has 40 heteroatoms. The molecule has 30 aliphatic rings. The number of rotatable bonds is 31. The molecule has 30 saturated heterocycles. The Labute approximate surface area is 649 Å². The van der Waals surface area contributed by atoms with Gasteiger partial charge in [-0.2, -0.15) is 0 Å². The molecule has 40 atom stereocenters. The number of methoxy groups -OCH3 is 23. The van der Waals surface area contributed by atoms with Gasteiger partial charge in [0.1, 0.15) is 195 Å². The molecule has 30 fully saturated rings. The molecular formula is C71H126O40. The van der Waals surface area contributed by atoms with Crippen molar-refractivity contribution in [2.45, 2.75) is 246 Å². The molecule has 0 radical (unpaired) electrons. The Hall–Kier alpha value is -1.60. The summed E-state index contributed by atoms with van der Waals surface area (Å²) in [6.07, 6.45) is -43.3. The van der Waals surface area contributed by atoms with Gasteiger partial charge in [-0.25, -0.2) is 0 Å². The Balaban J connectivity index is 1.12. The van der Waals surface area contributed by atoms with E-state index in [2.05, 4.69) is 0 Å². The summed E-state index contributed by atoms with van der Waals surface area (Å²) in [6.45, 7) is -1.14. The maximum Gasteiger partial charge on any atom is 0.187 e. The molecule has 650 valence electrons. The summed E-state index contributed by atoms with van der Waals surface area (Å²) in [6, 6.07) is 0. The smallest absolute Gasteiger partial charge is 0.187 e. The van der Waals surface area contributed by atoms with E-state index in [9.17, 15) is 5.11 Å². The summed E-state index contributed by atoms with van der Waals surface area (Å²) in [4.78, 5) is 0. The van der Waals surface area contributed by atoms with E-state index in [1.807, 2.05) is 0 Å². The Morgan fingerprint density at radius 3 is 0.360 bits per heavy atom. The molecule has 0 aromatic rings. The third kappa shape index (κ3) is 20.4. The summed E-state index contributed by atoms with van der Waals surface area (Å²) in [5, 5.41) is 11.4. The van der Waals surface area contributed by atoms with Crippen molar-refractivity contribution in [1.82, 2.24) is 0 Å². The minimum absolute atomic E-state index is 0.0633. The lowest BCUT2D eigenvalue weighted by atomic mass is 9.94. The zero-order valence-electron chi connectivity index (χ0n) is 68.1. The molecule has 30 aliphatic heterocycles. The van der Waals surface area contributed by atoms with E-state index < -0.39 is 252 Å². The quantitative estimate of drug-likeness (QED) is 0.0758. The number of hydrogen-bond acceptors (Lipinski definition) is 40. The molecule has 30 heterocycles. The highest BCUT2D eigenvalue weighted by Crippen LogP contribution is 2.44. The molecule has 0 spiro atoms. The zero-order valence-corrected chi connectivity index (χ0v) is 68.1. The molecule has 16 bridgehead atoms. The van der Waals surface area contributed by atoms with Gasteiger partial charge in [-0.05, 0) is 0 Å². The van der Waals surface area contributed by atoms with E-state index in [4.69, 9.17) is 185 Å². The summed E-state index contributed by atoms with van der Waals surface area (Å²) >= 11 is 0. The second kappa shape index (κ2) is 45.7. The van der Waals surface area contributed by atoms with Crippen LogP contribution in [0.3, 0.4) is 0 Å². The lowest BCUT2D eigenvalue weighted by Crippen LogP contribution is -2.70. The summed E-state index contributed by atoms with van der Waals surface area (Å²) in [7, 11) is 34.2. The van der Waals surface area contributed by atoms with Crippen molar-refractivity contribution in [2.24, 2.45) is 0 Å². The summed E-state index contributed by atoms with van der Waals surface area (Å²) in [5.74, 6) is 0. The van der Waals surface area contributed by atoms with Gasteiger partial charge in [-0.1, -0.05) is 0 Å². The molecule has 0 aromatic heterocycles. The van der Waals surface area contributed by atoms with Crippen molar-refractivity contribution in [2.75, 3.05) is 216 Å². The summed E-state index contributed by atoms with van der Waals surface area (Å²) in [5.41, 5.74) is 0. The van der Waals surface area contributed by atoms with Crippen LogP contribution >= 0.6 is 0 Å². The maximum atomic E-state index is 11.4. The molecule has 0 unspecified atom stereocenters. The largest absolute Gasteiger partial charge is 0.394 e.